The molecule has 26 heavy (non-hydrogen) atoms. The second-order valence-electron chi connectivity index (χ2n) is 6.00. The number of benzene rings is 1. The Morgan fingerprint density at radius 2 is 2.12 bits per heavy atom. The fraction of sp³-hybridized carbons (Fsp3) is 0.150. The van der Waals surface area contributed by atoms with Gasteiger partial charge in [0.1, 0.15) is 11.5 Å². The highest BCUT2D eigenvalue weighted by atomic mass is 32.1. The highest BCUT2D eigenvalue weighted by molar-refractivity contribution is 7.09. The third kappa shape index (κ3) is 3.41. The number of fused-ring (bicyclic) bond motifs is 1. The lowest BCUT2D eigenvalue weighted by atomic mass is 10.2. The van der Waals surface area contributed by atoms with E-state index in [2.05, 4.69) is 11.4 Å². The van der Waals surface area contributed by atoms with Crippen LogP contribution in [0.1, 0.15) is 20.9 Å². The quantitative estimate of drug-likeness (QED) is 0.546. The molecule has 0 radical (unpaired) electrons. The molecule has 1 aromatic carbocycles. The molecule has 4 aromatic rings. The van der Waals surface area contributed by atoms with Gasteiger partial charge in [-0.1, -0.05) is 18.2 Å². The molecule has 0 spiro atoms. The van der Waals surface area contributed by atoms with E-state index in [4.69, 9.17) is 4.42 Å². The first-order valence-electron chi connectivity index (χ1n) is 8.32. The minimum absolute atomic E-state index is 0.163. The van der Waals surface area contributed by atoms with Gasteiger partial charge in [0, 0.05) is 30.1 Å². The molecule has 3 heterocycles. The second kappa shape index (κ2) is 7.17. The van der Waals surface area contributed by atoms with E-state index in [1.165, 1.54) is 17.0 Å². The Balaban J connectivity index is 1.56. The fourth-order valence-electron chi connectivity index (χ4n) is 3.00. The van der Waals surface area contributed by atoms with Gasteiger partial charge in [0.2, 0.25) is 0 Å². The van der Waals surface area contributed by atoms with E-state index in [1.54, 1.807) is 29.7 Å². The van der Waals surface area contributed by atoms with Crippen molar-refractivity contribution < 1.29 is 13.6 Å². The maximum absolute atomic E-state index is 13.5. The smallest absolute Gasteiger partial charge is 0.268 e. The predicted molar refractivity (Wildman–Crippen MR) is 100 cm³/mol. The molecule has 3 aromatic heterocycles. The molecule has 0 aliphatic rings. The Kier molecular flexibility index (Phi) is 4.58. The van der Waals surface area contributed by atoms with Crippen LogP contribution < -0.4 is 5.32 Å². The average Bonchev–Trinajstić information content (AvgIpc) is 3.34. The molecule has 0 bridgehead atoms. The van der Waals surface area contributed by atoms with Gasteiger partial charge in [-0.15, -0.1) is 11.3 Å². The average molecular weight is 368 g/mol. The van der Waals surface area contributed by atoms with Crippen molar-refractivity contribution in [3.63, 3.8) is 0 Å². The number of carbonyl (C=O) groups is 1. The van der Waals surface area contributed by atoms with Gasteiger partial charge in [-0.2, -0.15) is 0 Å². The van der Waals surface area contributed by atoms with Crippen molar-refractivity contribution in [2.75, 3.05) is 6.54 Å². The zero-order chi connectivity index (χ0) is 17.9. The van der Waals surface area contributed by atoms with Gasteiger partial charge in [0.05, 0.1) is 11.8 Å². The SMILES string of the molecule is O=C(NCCc1cccs1)c1cc2occc2n1Cc1cccc(F)c1. The largest absolute Gasteiger partial charge is 0.463 e. The van der Waals surface area contributed by atoms with Crippen LogP contribution in [0.25, 0.3) is 11.1 Å². The molecule has 0 unspecified atom stereocenters. The molecular formula is C20H17FN2O2S. The van der Waals surface area contributed by atoms with Crippen LogP contribution in [0.2, 0.25) is 0 Å². The van der Waals surface area contributed by atoms with E-state index >= 15 is 0 Å². The van der Waals surface area contributed by atoms with E-state index in [9.17, 15) is 9.18 Å². The minimum atomic E-state index is -0.292. The fourth-order valence-corrected chi connectivity index (χ4v) is 3.71. The molecule has 4 rings (SSSR count). The minimum Gasteiger partial charge on any atom is -0.463 e. The molecular weight excluding hydrogens is 351 g/mol. The van der Waals surface area contributed by atoms with Crippen LogP contribution in [0.3, 0.4) is 0 Å². The molecule has 0 saturated carbocycles. The summed E-state index contributed by atoms with van der Waals surface area (Å²) in [7, 11) is 0. The van der Waals surface area contributed by atoms with Crippen LogP contribution in [0.15, 0.2) is 64.6 Å². The number of aromatic nitrogens is 1. The van der Waals surface area contributed by atoms with Crippen molar-refractivity contribution >= 4 is 28.3 Å². The number of thiophene rings is 1. The zero-order valence-corrected chi connectivity index (χ0v) is 14.8. The lowest BCUT2D eigenvalue weighted by Crippen LogP contribution is -2.27. The summed E-state index contributed by atoms with van der Waals surface area (Å²) in [5, 5.41) is 4.98. The summed E-state index contributed by atoms with van der Waals surface area (Å²) in [6.07, 6.45) is 2.38. The van der Waals surface area contributed by atoms with Gasteiger partial charge in [0.25, 0.3) is 5.91 Å². The molecule has 1 amide bonds. The van der Waals surface area contributed by atoms with Crippen LogP contribution in [0.4, 0.5) is 4.39 Å². The first-order valence-corrected chi connectivity index (χ1v) is 9.20. The summed E-state index contributed by atoms with van der Waals surface area (Å²) in [5.74, 6) is -0.454. The van der Waals surface area contributed by atoms with Crippen molar-refractivity contribution in [2.24, 2.45) is 0 Å². The first-order chi connectivity index (χ1) is 12.7. The number of amides is 1. The van der Waals surface area contributed by atoms with Gasteiger partial charge in [-0.25, -0.2) is 4.39 Å². The van der Waals surface area contributed by atoms with Gasteiger partial charge < -0.3 is 14.3 Å². The number of halogens is 1. The number of hydrogen-bond donors (Lipinski definition) is 1. The maximum Gasteiger partial charge on any atom is 0.268 e. The normalized spacial score (nSPS) is 11.1. The van der Waals surface area contributed by atoms with Crippen molar-refractivity contribution in [3.8, 4) is 0 Å². The van der Waals surface area contributed by atoms with Gasteiger partial charge in [0.15, 0.2) is 5.58 Å². The number of rotatable bonds is 6. The van der Waals surface area contributed by atoms with Crippen LogP contribution in [0.5, 0.6) is 0 Å². The Hall–Kier alpha value is -2.86. The zero-order valence-electron chi connectivity index (χ0n) is 13.9. The Morgan fingerprint density at radius 1 is 1.19 bits per heavy atom. The molecule has 0 saturated heterocycles. The standard InChI is InChI=1S/C20H17FN2O2S/c21-15-4-1-3-14(11-15)13-23-17-7-9-25-19(17)12-18(23)20(24)22-8-6-16-5-2-10-26-16/h1-5,7,9-12H,6,8,13H2,(H,22,24). The summed E-state index contributed by atoms with van der Waals surface area (Å²) in [6.45, 7) is 0.959. The van der Waals surface area contributed by atoms with Crippen molar-refractivity contribution in [3.05, 3.63) is 82.1 Å². The van der Waals surface area contributed by atoms with E-state index in [-0.39, 0.29) is 11.7 Å². The van der Waals surface area contributed by atoms with Crippen LogP contribution in [-0.4, -0.2) is 17.0 Å². The Labute approximate surface area is 153 Å². The van der Waals surface area contributed by atoms with Crippen LogP contribution in [0, 0.1) is 5.82 Å². The third-order valence-corrected chi connectivity index (χ3v) is 5.16. The molecule has 0 aliphatic heterocycles. The molecule has 0 fully saturated rings. The van der Waals surface area contributed by atoms with Crippen molar-refractivity contribution in [1.29, 1.82) is 0 Å². The maximum atomic E-state index is 13.5. The van der Waals surface area contributed by atoms with E-state index in [0.717, 1.165) is 17.5 Å². The van der Waals surface area contributed by atoms with Gasteiger partial charge >= 0.3 is 0 Å². The first kappa shape index (κ1) is 16.6. The molecule has 0 atom stereocenters. The molecule has 132 valence electrons. The number of nitrogens with one attached hydrogen (secondary N) is 1. The van der Waals surface area contributed by atoms with Crippen LogP contribution >= 0.6 is 11.3 Å². The van der Waals surface area contributed by atoms with Gasteiger partial charge in [-0.05, 0) is 35.6 Å². The summed E-state index contributed by atoms with van der Waals surface area (Å²) < 4.78 is 20.8. The summed E-state index contributed by atoms with van der Waals surface area (Å²) in [5.41, 5.74) is 2.76. The topological polar surface area (TPSA) is 47.2 Å². The monoisotopic (exact) mass is 368 g/mol. The summed E-state index contributed by atoms with van der Waals surface area (Å²) in [4.78, 5) is 13.9. The number of furan rings is 1. The number of nitrogens with zero attached hydrogens (tertiary/aromatic N) is 1. The van der Waals surface area contributed by atoms with E-state index in [0.29, 0.717) is 24.4 Å². The van der Waals surface area contributed by atoms with Gasteiger partial charge in [-0.3, -0.25) is 4.79 Å². The third-order valence-electron chi connectivity index (χ3n) is 4.22. The number of hydrogen-bond acceptors (Lipinski definition) is 3. The Morgan fingerprint density at radius 3 is 2.92 bits per heavy atom. The lowest BCUT2D eigenvalue weighted by Gasteiger charge is -2.11. The predicted octanol–water partition coefficient (Wildman–Crippen LogP) is 4.46. The molecule has 4 nitrogen and oxygen atoms in total. The highest BCUT2D eigenvalue weighted by Gasteiger charge is 2.17. The van der Waals surface area contributed by atoms with E-state index < -0.39 is 0 Å². The molecule has 0 aliphatic carbocycles. The van der Waals surface area contributed by atoms with Crippen LogP contribution in [-0.2, 0) is 13.0 Å². The second-order valence-corrected chi connectivity index (χ2v) is 7.03. The molecule has 6 heteroatoms. The Bertz CT molecular complexity index is 1030. The lowest BCUT2D eigenvalue weighted by molar-refractivity contribution is 0.0945. The number of carbonyl (C=O) groups excluding carboxylic acids is 1. The summed E-state index contributed by atoms with van der Waals surface area (Å²) in [6, 6.07) is 14.0. The van der Waals surface area contributed by atoms with Crippen molar-refractivity contribution in [2.45, 2.75) is 13.0 Å². The van der Waals surface area contributed by atoms with Crippen molar-refractivity contribution in [1.82, 2.24) is 9.88 Å². The highest BCUT2D eigenvalue weighted by Crippen LogP contribution is 2.23. The summed E-state index contributed by atoms with van der Waals surface area (Å²) >= 11 is 1.67. The van der Waals surface area contributed by atoms with E-state index in [1.807, 2.05) is 28.1 Å². The molecule has 1 N–H and O–H groups in total.